The summed E-state index contributed by atoms with van der Waals surface area (Å²) in [6.07, 6.45) is 2.37. The van der Waals surface area contributed by atoms with Crippen molar-refractivity contribution in [2.45, 2.75) is 44.9 Å². The van der Waals surface area contributed by atoms with E-state index < -0.39 is 12.1 Å². The first-order chi connectivity index (χ1) is 14.1. The quantitative estimate of drug-likeness (QED) is 0.580. The number of hydrogen-bond donors (Lipinski definition) is 3. The molecule has 0 bridgehead atoms. The summed E-state index contributed by atoms with van der Waals surface area (Å²) >= 11 is 0. The van der Waals surface area contributed by atoms with Crippen LogP contribution in [0.1, 0.15) is 36.7 Å². The molecule has 3 atom stereocenters. The van der Waals surface area contributed by atoms with Gasteiger partial charge in [0.15, 0.2) is 0 Å². The molecular weight excluding hydrogens is 372 g/mol. The van der Waals surface area contributed by atoms with Crippen LogP contribution >= 0.6 is 0 Å². The zero-order valence-corrected chi connectivity index (χ0v) is 16.6. The molecule has 1 aromatic carbocycles. The maximum absolute atomic E-state index is 12.5. The molecule has 0 aliphatic heterocycles. The normalized spacial score (nSPS) is 21.4. The van der Waals surface area contributed by atoms with Crippen molar-refractivity contribution < 1.29 is 19.4 Å². The molecule has 1 aliphatic carbocycles. The zero-order valence-electron chi connectivity index (χ0n) is 16.6. The molecule has 1 fully saturated rings. The van der Waals surface area contributed by atoms with Crippen LogP contribution in [0.25, 0.3) is 0 Å². The number of carbonyl (C=O) groups excluding carboxylic acids is 2. The van der Waals surface area contributed by atoms with Crippen LogP contribution in [0.3, 0.4) is 0 Å². The molecule has 1 aromatic heterocycles. The molecule has 0 unspecified atom stereocenters. The van der Waals surface area contributed by atoms with Crippen LogP contribution < -0.4 is 15.4 Å². The van der Waals surface area contributed by atoms with Gasteiger partial charge in [0.25, 0.3) is 5.91 Å². The zero-order chi connectivity index (χ0) is 20.6. The van der Waals surface area contributed by atoms with Crippen molar-refractivity contribution in [2.24, 2.45) is 5.92 Å². The van der Waals surface area contributed by atoms with Crippen molar-refractivity contribution in [3.05, 3.63) is 48.3 Å². The van der Waals surface area contributed by atoms with E-state index in [9.17, 15) is 14.7 Å². The number of hydrogen-bond acceptors (Lipinski definition) is 5. The van der Waals surface area contributed by atoms with Crippen LogP contribution in [0.15, 0.2) is 42.6 Å². The average Bonchev–Trinajstić information content (AvgIpc) is 3.22. The lowest BCUT2D eigenvalue weighted by Gasteiger charge is -2.33. The Bertz CT molecular complexity index is 808. The standard InChI is InChI=1S/C21H28N4O4/c1-2-25-18(10-11-23-25)21(28)24-17-14-15(8-9-19(17)26)20(27)22-12-13-29-16-6-4-3-5-7-16/h3-7,10-11,15,17,19,26H,2,8-9,12-14H2,1H3,(H,22,27)(H,24,28)/t15-,17+,19+/m0/s1. The molecule has 156 valence electrons. The number of rotatable bonds is 8. The highest BCUT2D eigenvalue weighted by molar-refractivity contribution is 5.92. The van der Waals surface area contributed by atoms with E-state index in [2.05, 4.69) is 15.7 Å². The van der Waals surface area contributed by atoms with Gasteiger partial charge in [0, 0.05) is 18.7 Å². The highest BCUT2D eigenvalue weighted by Gasteiger charge is 2.34. The first-order valence-corrected chi connectivity index (χ1v) is 10.0. The number of para-hydroxylation sites is 1. The van der Waals surface area contributed by atoms with Crippen LogP contribution in [-0.2, 0) is 11.3 Å². The molecule has 3 rings (SSSR count). The third kappa shape index (κ3) is 5.57. The van der Waals surface area contributed by atoms with E-state index in [0.717, 1.165) is 5.75 Å². The fourth-order valence-corrected chi connectivity index (χ4v) is 3.57. The Morgan fingerprint density at radius 1 is 1.24 bits per heavy atom. The summed E-state index contributed by atoms with van der Waals surface area (Å²) < 4.78 is 7.18. The van der Waals surface area contributed by atoms with E-state index in [1.165, 1.54) is 0 Å². The van der Waals surface area contributed by atoms with Gasteiger partial charge >= 0.3 is 0 Å². The largest absolute Gasteiger partial charge is 0.492 e. The Morgan fingerprint density at radius 2 is 2.03 bits per heavy atom. The van der Waals surface area contributed by atoms with E-state index in [0.29, 0.717) is 44.7 Å². The number of nitrogens with zero attached hydrogens (tertiary/aromatic N) is 2. The first-order valence-electron chi connectivity index (χ1n) is 10.0. The molecule has 2 aromatic rings. The van der Waals surface area contributed by atoms with Crippen molar-refractivity contribution in [1.82, 2.24) is 20.4 Å². The van der Waals surface area contributed by atoms with Crippen LogP contribution in [-0.4, -0.2) is 52.0 Å². The van der Waals surface area contributed by atoms with E-state index in [1.807, 2.05) is 37.3 Å². The Balaban J connectivity index is 1.47. The van der Waals surface area contributed by atoms with Gasteiger partial charge in [0.2, 0.25) is 5.91 Å². The van der Waals surface area contributed by atoms with E-state index >= 15 is 0 Å². The van der Waals surface area contributed by atoms with Crippen LogP contribution in [0.4, 0.5) is 0 Å². The summed E-state index contributed by atoms with van der Waals surface area (Å²) in [5, 5.41) is 20.1. The van der Waals surface area contributed by atoms with Gasteiger partial charge in [-0.15, -0.1) is 0 Å². The third-order valence-electron chi connectivity index (χ3n) is 5.16. The summed E-state index contributed by atoms with van der Waals surface area (Å²) in [4.78, 5) is 25.0. The lowest BCUT2D eigenvalue weighted by molar-refractivity contribution is -0.127. The van der Waals surface area contributed by atoms with E-state index in [4.69, 9.17) is 4.74 Å². The molecule has 1 heterocycles. The maximum atomic E-state index is 12.5. The van der Waals surface area contributed by atoms with Gasteiger partial charge in [-0.3, -0.25) is 14.3 Å². The molecule has 1 aliphatic rings. The van der Waals surface area contributed by atoms with Crippen molar-refractivity contribution in [1.29, 1.82) is 0 Å². The Morgan fingerprint density at radius 3 is 2.79 bits per heavy atom. The molecule has 8 heteroatoms. The summed E-state index contributed by atoms with van der Waals surface area (Å²) in [5.74, 6) is 0.144. The topological polar surface area (TPSA) is 105 Å². The number of aryl methyl sites for hydroxylation is 1. The Hall–Kier alpha value is -2.87. The minimum atomic E-state index is -0.664. The molecule has 0 spiro atoms. The molecule has 8 nitrogen and oxygen atoms in total. The van der Waals surface area contributed by atoms with E-state index in [1.54, 1.807) is 16.9 Å². The van der Waals surface area contributed by atoms with Gasteiger partial charge in [-0.2, -0.15) is 5.10 Å². The van der Waals surface area contributed by atoms with Crippen molar-refractivity contribution in [3.63, 3.8) is 0 Å². The third-order valence-corrected chi connectivity index (χ3v) is 5.16. The molecule has 3 N–H and O–H groups in total. The molecule has 1 saturated carbocycles. The molecule has 0 radical (unpaired) electrons. The lowest BCUT2D eigenvalue weighted by atomic mass is 9.83. The minimum absolute atomic E-state index is 0.0774. The summed E-state index contributed by atoms with van der Waals surface area (Å²) in [6.45, 7) is 3.27. The Kier molecular flexibility index (Phi) is 7.24. The Labute approximate surface area is 170 Å². The van der Waals surface area contributed by atoms with Crippen molar-refractivity contribution in [3.8, 4) is 5.75 Å². The molecule has 2 amide bonds. The number of benzene rings is 1. The molecular formula is C21H28N4O4. The predicted molar refractivity (Wildman–Crippen MR) is 107 cm³/mol. The maximum Gasteiger partial charge on any atom is 0.269 e. The van der Waals surface area contributed by atoms with Gasteiger partial charge in [-0.1, -0.05) is 18.2 Å². The molecule has 0 saturated heterocycles. The fourth-order valence-electron chi connectivity index (χ4n) is 3.57. The number of aromatic nitrogens is 2. The minimum Gasteiger partial charge on any atom is -0.492 e. The van der Waals surface area contributed by atoms with Gasteiger partial charge in [-0.25, -0.2) is 0 Å². The SMILES string of the molecule is CCn1nccc1C(=O)N[C@@H]1C[C@@H](C(=O)NCCOc2ccccc2)CC[C@H]1O. The highest BCUT2D eigenvalue weighted by Crippen LogP contribution is 2.25. The summed E-state index contributed by atoms with van der Waals surface area (Å²) in [7, 11) is 0. The van der Waals surface area contributed by atoms with Gasteiger partial charge in [0.1, 0.15) is 18.1 Å². The monoisotopic (exact) mass is 400 g/mol. The van der Waals surface area contributed by atoms with Gasteiger partial charge in [0.05, 0.1) is 18.7 Å². The lowest BCUT2D eigenvalue weighted by Crippen LogP contribution is -2.50. The predicted octanol–water partition coefficient (Wildman–Crippen LogP) is 1.36. The average molecular weight is 400 g/mol. The summed E-state index contributed by atoms with van der Waals surface area (Å²) in [5.41, 5.74) is 0.448. The molecule has 29 heavy (non-hydrogen) atoms. The van der Waals surface area contributed by atoms with Crippen LogP contribution in [0, 0.1) is 5.92 Å². The fraction of sp³-hybridized carbons (Fsp3) is 0.476. The number of nitrogens with one attached hydrogen (secondary N) is 2. The van der Waals surface area contributed by atoms with E-state index in [-0.39, 0.29) is 17.7 Å². The van der Waals surface area contributed by atoms with Gasteiger partial charge < -0.3 is 20.5 Å². The second-order valence-electron chi connectivity index (χ2n) is 7.14. The number of aliphatic hydroxyl groups excluding tert-OH is 1. The highest BCUT2D eigenvalue weighted by atomic mass is 16.5. The van der Waals surface area contributed by atoms with Crippen LogP contribution in [0.5, 0.6) is 5.75 Å². The van der Waals surface area contributed by atoms with Crippen molar-refractivity contribution >= 4 is 11.8 Å². The first kappa shape index (κ1) is 20.9. The second kappa shape index (κ2) is 10.1. The van der Waals surface area contributed by atoms with Gasteiger partial charge in [-0.05, 0) is 44.4 Å². The van der Waals surface area contributed by atoms with Crippen LogP contribution in [0.2, 0.25) is 0 Å². The number of aliphatic hydroxyl groups is 1. The number of carbonyl (C=O) groups is 2. The summed E-state index contributed by atoms with van der Waals surface area (Å²) in [6, 6.07) is 10.6. The second-order valence-corrected chi connectivity index (χ2v) is 7.14. The van der Waals surface area contributed by atoms with Crippen molar-refractivity contribution in [2.75, 3.05) is 13.2 Å². The number of amides is 2. The smallest absolute Gasteiger partial charge is 0.269 e. The number of ether oxygens (including phenoxy) is 1.